The summed E-state index contributed by atoms with van der Waals surface area (Å²) < 4.78 is 80.3. The molecule has 0 saturated carbocycles. The standard InChI is InChI=1S/C12H13F3N2O2S.C7H7FO/c1-9-16-11(12(13,14)15,20(2,18)19)8-17(9)10-6-4-3-5-7-10;1-9-7-5-3-2-4-6(7)8/h3-7H,8H2,1-2H3;2-5H,1H3. The Morgan fingerprint density at radius 3 is 2.03 bits per heavy atom. The Balaban J connectivity index is 0.000000278. The first-order valence-corrected chi connectivity index (χ1v) is 10.3. The van der Waals surface area contributed by atoms with Gasteiger partial charge < -0.3 is 9.64 Å². The molecule has 1 unspecified atom stereocenters. The van der Waals surface area contributed by atoms with Gasteiger partial charge >= 0.3 is 6.18 Å². The van der Waals surface area contributed by atoms with E-state index in [1.165, 1.54) is 25.0 Å². The smallest absolute Gasteiger partial charge is 0.429 e. The van der Waals surface area contributed by atoms with Crippen LogP contribution in [0.2, 0.25) is 0 Å². The maximum Gasteiger partial charge on any atom is 0.429 e. The minimum atomic E-state index is -4.97. The van der Waals surface area contributed by atoms with Gasteiger partial charge in [0.1, 0.15) is 5.84 Å². The van der Waals surface area contributed by atoms with E-state index < -0.39 is 27.4 Å². The van der Waals surface area contributed by atoms with Crippen molar-refractivity contribution in [3.05, 3.63) is 60.4 Å². The van der Waals surface area contributed by atoms with E-state index in [1.54, 1.807) is 48.5 Å². The van der Waals surface area contributed by atoms with Crippen LogP contribution in [0.1, 0.15) is 6.92 Å². The number of hydrogen-bond donors (Lipinski definition) is 0. The fourth-order valence-corrected chi connectivity index (χ4v) is 3.83. The Morgan fingerprint density at radius 1 is 1.07 bits per heavy atom. The van der Waals surface area contributed by atoms with Gasteiger partial charge in [-0.2, -0.15) is 13.2 Å². The van der Waals surface area contributed by atoms with Gasteiger partial charge in [-0.05, 0) is 31.2 Å². The second-order valence-electron chi connectivity index (χ2n) is 6.27. The van der Waals surface area contributed by atoms with Crippen molar-refractivity contribution in [3.8, 4) is 5.75 Å². The minimum absolute atomic E-state index is 0.0268. The van der Waals surface area contributed by atoms with Gasteiger partial charge in [-0.15, -0.1) is 0 Å². The molecule has 29 heavy (non-hydrogen) atoms. The second kappa shape index (κ2) is 8.40. The van der Waals surface area contributed by atoms with Crippen LogP contribution in [0.15, 0.2) is 59.6 Å². The van der Waals surface area contributed by atoms with E-state index in [1.807, 2.05) is 0 Å². The van der Waals surface area contributed by atoms with Crippen LogP contribution >= 0.6 is 0 Å². The second-order valence-corrected chi connectivity index (χ2v) is 8.49. The van der Waals surface area contributed by atoms with Crippen LogP contribution in [0.3, 0.4) is 0 Å². The molecule has 158 valence electrons. The Morgan fingerprint density at radius 2 is 1.62 bits per heavy atom. The Labute approximate surface area is 166 Å². The summed E-state index contributed by atoms with van der Waals surface area (Å²) in [6.45, 7) is 0.608. The lowest BCUT2D eigenvalue weighted by Gasteiger charge is -2.28. The molecule has 2 aromatic rings. The highest BCUT2D eigenvalue weighted by molar-refractivity contribution is 7.92. The monoisotopic (exact) mass is 432 g/mol. The summed E-state index contributed by atoms with van der Waals surface area (Å²) in [7, 11) is -3.01. The Bertz CT molecular complexity index is 978. The quantitative estimate of drug-likeness (QED) is 0.687. The fraction of sp³-hybridized carbons (Fsp3) is 0.316. The number of aliphatic imine (C=N–C) groups is 1. The van der Waals surface area contributed by atoms with Gasteiger partial charge in [0.15, 0.2) is 21.4 Å². The summed E-state index contributed by atoms with van der Waals surface area (Å²) in [4.78, 5) is 1.61. The van der Waals surface area contributed by atoms with Crippen LogP contribution in [0.5, 0.6) is 5.75 Å². The molecule has 0 bridgehead atoms. The van der Waals surface area contributed by atoms with E-state index in [2.05, 4.69) is 9.73 Å². The highest BCUT2D eigenvalue weighted by Crippen LogP contribution is 2.43. The first-order chi connectivity index (χ1) is 13.4. The highest BCUT2D eigenvalue weighted by atomic mass is 32.2. The molecule has 0 aliphatic carbocycles. The van der Waals surface area contributed by atoms with Gasteiger partial charge in [-0.25, -0.2) is 17.8 Å². The third-order valence-corrected chi connectivity index (χ3v) is 5.96. The summed E-state index contributed by atoms with van der Waals surface area (Å²) in [5.74, 6) is -0.00329. The number of ether oxygens (including phenoxy) is 1. The third-order valence-electron chi connectivity index (χ3n) is 4.29. The molecule has 1 heterocycles. The molecule has 0 amide bonds. The van der Waals surface area contributed by atoms with Crippen LogP contribution in [0.25, 0.3) is 0 Å². The van der Waals surface area contributed by atoms with Crippen molar-refractivity contribution in [2.75, 3.05) is 24.8 Å². The highest BCUT2D eigenvalue weighted by Gasteiger charge is 2.66. The molecule has 5 nitrogen and oxygen atoms in total. The Hall–Kier alpha value is -2.62. The summed E-state index contributed by atoms with van der Waals surface area (Å²) >= 11 is 0. The summed E-state index contributed by atoms with van der Waals surface area (Å²) in [6.07, 6.45) is -4.41. The molecule has 0 N–H and O–H groups in total. The van der Waals surface area contributed by atoms with Crippen LogP contribution < -0.4 is 9.64 Å². The number of alkyl halides is 3. The lowest BCUT2D eigenvalue weighted by Crippen LogP contribution is -2.53. The van der Waals surface area contributed by atoms with Crippen molar-refractivity contribution in [2.45, 2.75) is 18.0 Å². The molecule has 0 spiro atoms. The van der Waals surface area contributed by atoms with Gasteiger partial charge in [0.25, 0.3) is 4.87 Å². The number of nitrogens with zero attached hydrogens (tertiary/aromatic N) is 2. The molecule has 1 aliphatic heterocycles. The number of benzene rings is 2. The number of anilines is 1. The van der Waals surface area contributed by atoms with Gasteiger partial charge in [0.05, 0.1) is 13.7 Å². The fourth-order valence-electron chi connectivity index (χ4n) is 2.75. The first-order valence-electron chi connectivity index (χ1n) is 8.37. The zero-order chi connectivity index (χ0) is 21.9. The number of halogens is 4. The van der Waals surface area contributed by atoms with Crippen molar-refractivity contribution < 1.29 is 30.7 Å². The van der Waals surface area contributed by atoms with Crippen molar-refractivity contribution in [3.63, 3.8) is 0 Å². The zero-order valence-electron chi connectivity index (χ0n) is 15.9. The largest absolute Gasteiger partial charge is 0.494 e. The average molecular weight is 432 g/mol. The molecule has 3 rings (SSSR count). The van der Waals surface area contributed by atoms with Crippen molar-refractivity contribution >= 4 is 21.4 Å². The molecule has 1 atom stereocenters. The number of para-hydroxylation sites is 2. The molecular weight excluding hydrogens is 412 g/mol. The van der Waals surface area contributed by atoms with Crippen molar-refractivity contribution in [2.24, 2.45) is 4.99 Å². The molecule has 0 fully saturated rings. The van der Waals surface area contributed by atoms with E-state index in [-0.39, 0.29) is 17.4 Å². The number of hydrogen-bond acceptors (Lipinski definition) is 5. The number of sulfone groups is 1. The van der Waals surface area contributed by atoms with E-state index in [9.17, 15) is 26.0 Å². The maximum atomic E-state index is 13.3. The molecule has 0 saturated heterocycles. The van der Waals surface area contributed by atoms with Crippen molar-refractivity contribution in [1.29, 1.82) is 0 Å². The van der Waals surface area contributed by atoms with Gasteiger partial charge in [-0.1, -0.05) is 30.3 Å². The summed E-state index contributed by atoms with van der Waals surface area (Å²) in [5, 5.41) is 0. The molecule has 0 aromatic heterocycles. The van der Waals surface area contributed by atoms with E-state index in [4.69, 9.17) is 0 Å². The topological polar surface area (TPSA) is 59.0 Å². The molecule has 0 radical (unpaired) electrons. The normalized spacial score (nSPS) is 19.3. The molecular formula is C19H20F4N2O3S. The van der Waals surface area contributed by atoms with E-state index in [0.29, 0.717) is 11.9 Å². The maximum absolute atomic E-state index is 13.3. The average Bonchev–Trinajstić information content (AvgIpc) is 3.02. The van der Waals surface area contributed by atoms with Gasteiger partial charge in [-0.3, -0.25) is 0 Å². The lowest BCUT2D eigenvalue weighted by atomic mass is 10.2. The predicted octanol–water partition coefficient (Wildman–Crippen LogP) is 4.06. The zero-order valence-corrected chi connectivity index (χ0v) is 16.8. The molecule has 1 aliphatic rings. The predicted molar refractivity (Wildman–Crippen MR) is 103 cm³/mol. The van der Waals surface area contributed by atoms with Crippen LogP contribution in [0.4, 0.5) is 23.2 Å². The molecule has 10 heteroatoms. The van der Waals surface area contributed by atoms with Crippen LogP contribution in [-0.4, -0.2) is 45.2 Å². The third kappa shape index (κ3) is 4.69. The van der Waals surface area contributed by atoms with Crippen LogP contribution in [-0.2, 0) is 9.84 Å². The molecule has 2 aromatic carbocycles. The van der Waals surface area contributed by atoms with E-state index in [0.717, 1.165) is 0 Å². The Kier molecular flexibility index (Phi) is 6.56. The number of methoxy groups -OCH3 is 1. The van der Waals surface area contributed by atoms with E-state index >= 15 is 0 Å². The van der Waals surface area contributed by atoms with Gasteiger partial charge in [0, 0.05) is 11.9 Å². The van der Waals surface area contributed by atoms with Gasteiger partial charge in [0.2, 0.25) is 0 Å². The SMILES string of the molecule is CC1=NC(C(F)(F)F)(S(C)(=O)=O)CN1c1ccccc1.COc1ccccc1F. The number of rotatable bonds is 3. The van der Waals surface area contributed by atoms with Crippen LogP contribution in [0, 0.1) is 5.82 Å². The first kappa shape index (κ1) is 22.7. The lowest BCUT2D eigenvalue weighted by molar-refractivity contribution is -0.155. The number of amidine groups is 1. The summed E-state index contributed by atoms with van der Waals surface area (Å²) in [5.41, 5.74) is 0.475. The summed E-state index contributed by atoms with van der Waals surface area (Å²) in [6, 6.07) is 14.5. The minimum Gasteiger partial charge on any atom is -0.494 e. The van der Waals surface area contributed by atoms with Crippen molar-refractivity contribution in [1.82, 2.24) is 0 Å².